The predicted octanol–water partition coefficient (Wildman–Crippen LogP) is 4.34. The van der Waals surface area contributed by atoms with Gasteiger partial charge in [-0.05, 0) is 55.6 Å². The minimum atomic E-state index is 0.459. The predicted molar refractivity (Wildman–Crippen MR) is 86.9 cm³/mol. The van der Waals surface area contributed by atoms with Crippen LogP contribution in [-0.4, -0.2) is 10.6 Å². The molecule has 1 N–H and O–H groups in total. The van der Waals surface area contributed by atoms with Crippen LogP contribution >= 0.6 is 0 Å². The fourth-order valence-electron chi connectivity index (χ4n) is 4.36. The van der Waals surface area contributed by atoms with Crippen molar-refractivity contribution in [2.24, 2.45) is 17.9 Å². The molecule has 1 aromatic heterocycles. The average molecular weight is 276 g/mol. The molecule has 0 aromatic carbocycles. The van der Waals surface area contributed by atoms with E-state index in [9.17, 15) is 0 Å². The number of nitrogens with one attached hydrogen (secondary N) is 1. The monoisotopic (exact) mass is 276 g/mol. The molecule has 2 nitrogen and oxygen atoms in total. The van der Waals surface area contributed by atoms with Gasteiger partial charge in [-0.3, -0.25) is 0 Å². The Balaban J connectivity index is 2.01. The molecular formula is C18H32N2. The molecule has 0 amide bonds. The molecule has 1 saturated carbocycles. The van der Waals surface area contributed by atoms with Crippen molar-refractivity contribution in [3.05, 3.63) is 23.0 Å². The molecule has 0 spiro atoms. The Morgan fingerprint density at radius 1 is 1.15 bits per heavy atom. The van der Waals surface area contributed by atoms with Gasteiger partial charge in [-0.1, -0.05) is 27.7 Å². The number of aryl methyl sites for hydroxylation is 1. The summed E-state index contributed by atoms with van der Waals surface area (Å²) >= 11 is 0. The summed E-state index contributed by atoms with van der Waals surface area (Å²) in [6.45, 7) is 15.1. The van der Waals surface area contributed by atoms with Crippen LogP contribution in [0.3, 0.4) is 0 Å². The first-order valence-corrected chi connectivity index (χ1v) is 7.95. The van der Waals surface area contributed by atoms with Crippen molar-refractivity contribution in [1.82, 2.24) is 9.88 Å². The fraction of sp³-hybridized carbons (Fsp3) is 0.778. The number of hydrogen-bond acceptors (Lipinski definition) is 1. The molecule has 2 heteroatoms. The normalized spacial score (nSPS) is 22.1. The highest BCUT2D eigenvalue weighted by atomic mass is 15.0. The number of nitrogens with zero attached hydrogens (tertiary/aromatic N) is 1. The zero-order valence-corrected chi connectivity index (χ0v) is 14.4. The Morgan fingerprint density at radius 2 is 1.70 bits per heavy atom. The van der Waals surface area contributed by atoms with Gasteiger partial charge in [-0.2, -0.15) is 0 Å². The van der Waals surface area contributed by atoms with Crippen molar-refractivity contribution in [3.8, 4) is 0 Å². The Kier molecular flexibility index (Phi) is 4.07. The summed E-state index contributed by atoms with van der Waals surface area (Å²) in [5.41, 5.74) is 5.11. The van der Waals surface area contributed by atoms with Crippen LogP contribution in [-0.2, 0) is 13.6 Å². The Labute approximate surface area is 125 Å². The van der Waals surface area contributed by atoms with Crippen molar-refractivity contribution >= 4 is 0 Å². The first-order valence-electron chi connectivity index (χ1n) is 7.95. The maximum absolute atomic E-state index is 3.82. The average Bonchev–Trinajstić information content (AvgIpc) is 2.50. The van der Waals surface area contributed by atoms with Gasteiger partial charge in [0, 0.05) is 31.0 Å². The molecule has 0 saturated heterocycles. The van der Waals surface area contributed by atoms with Gasteiger partial charge in [0.2, 0.25) is 0 Å². The van der Waals surface area contributed by atoms with Gasteiger partial charge in [-0.25, -0.2) is 0 Å². The maximum atomic E-state index is 3.82. The smallest absolute Gasteiger partial charge is 0.0225 e. The van der Waals surface area contributed by atoms with E-state index in [1.54, 1.807) is 0 Å². The lowest BCUT2D eigenvalue weighted by atomic mass is 9.63. The molecule has 20 heavy (non-hydrogen) atoms. The van der Waals surface area contributed by atoms with E-state index in [1.165, 1.54) is 36.2 Å². The van der Waals surface area contributed by atoms with E-state index in [0.717, 1.165) is 6.54 Å². The van der Waals surface area contributed by atoms with Gasteiger partial charge < -0.3 is 9.88 Å². The molecular weight excluding hydrogens is 244 g/mol. The van der Waals surface area contributed by atoms with Crippen LogP contribution in [0.25, 0.3) is 0 Å². The van der Waals surface area contributed by atoms with Crippen molar-refractivity contribution in [2.75, 3.05) is 0 Å². The van der Waals surface area contributed by atoms with Crippen LogP contribution in [0.15, 0.2) is 6.07 Å². The van der Waals surface area contributed by atoms with Crippen molar-refractivity contribution in [2.45, 2.75) is 73.4 Å². The van der Waals surface area contributed by atoms with Crippen molar-refractivity contribution < 1.29 is 0 Å². The summed E-state index contributed by atoms with van der Waals surface area (Å²) < 4.78 is 2.28. The third-order valence-corrected chi connectivity index (χ3v) is 5.02. The zero-order chi connectivity index (χ0) is 15.1. The fourth-order valence-corrected chi connectivity index (χ4v) is 4.36. The second kappa shape index (κ2) is 5.22. The van der Waals surface area contributed by atoms with Gasteiger partial charge in [-0.15, -0.1) is 0 Å². The summed E-state index contributed by atoms with van der Waals surface area (Å²) in [7, 11) is 2.15. The highest BCUT2D eigenvalue weighted by Crippen LogP contribution is 2.45. The van der Waals surface area contributed by atoms with Gasteiger partial charge in [0.05, 0.1) is 0 Å². The highest BCUT2D eigenvalue weighted by Gasteiger charge is 2.38. The highest BCUT2D eigenvalue weighted by molar-refractivity contribution is 5.26. The molecule has 0 bridgehead atoms. The summed E-state index contributed by atoms with van der Waals surface area (Å²) in [6, 6.07) is 2.97. The van der Waals surface area contributed by atoms with Crippen molar-refractivity contribution in [1.29, 1.82) is 0 Å². The molecule has 1 heterocycles. The van der Waals surface area contributed by atoms with E-state index in [4.69, 9.17) is 0 Å². The topological polar surface area (TPSA) is 17.0 Å². The lowest BCUT2D eigenvalue weighted by molar-refractivity contribution is 0.0844. The van der Waals surface area contributed by atoms with E-state index in [2.05, 4.69) is 64.5 Å². The molecule has 0 unspecified atom stereocenters. The molecule has 0 atom stereocenters. The van der Waals surface area contributed by atoms with E-state index >= 15 is 0 Å². The van der Waals surface area contributed by atoms with Gasteiger partial charge >= 0.3 is 0 Å². The standard InChI is InChI=1S/C18H32N2/c1-13-8-15(14(2)20(13)7)11-19-16-9-17(3,4)12-18(5,6)10-16/h8,16,19H,9-12H2,1-7H3. The van der Waals surface area contributed by atoms with Crippen LogP contribution in [0, 0.1) is 24.7 Å². The van der Waals surface area contributed by atoms with Gasteiger partial charge in [0.25, 0.3) is 0 Å². The molecule has 1 aliphatic carbocycles. The SMILES string of the molecule is Cc1cc(CNC2CC(C)(C)CC(C)(C)C2)c(C)n1C. The third kappa shape index (κ3) is 3.46. The van der Waals surface area contributed by atoms with Gasteiger partial charge in [0.1, 0.15) is 0 Å². The summed E-state index contributed by atoms with van der Waals surface area (Å²) in [4.78, 5) is 0. The Bertz CT molecular complexity index is 464. The van der Waals surface area contributed by atoms with Crippen LogP contribution < -0.4 is 5.32 Å². The van der Waals surface area contributed by atoms with E-state index in [1.807, 2.05) is 0 Å². The molecule has 1 aliphatic rings. The summed E-state index contributed by atoms with van der Waals surface area (Å²) in [5.74, 6) is 0. The second-order valence-corrected chi connectivity index (χ2v) is 8.45. The summed E-state index contributed by atoms with van der Waals surface area (Å²) in [6.07, 6.45) is 3.92. The first kappa shape index (κ1) is 15.6. The number of aromatic nitrogens is 1. The molecule has 1 fully saturated rings. The molecule has 0 aliphatic heterocycles. The van der Waals surface area contributed by atoms with E-state index in [-0.39, 0.29) is 0 Å². The molecule has 1 aromatic rings. The van der Waals surface area contributed by atoms with Crippen LogP contribution in [0.2, 0.25) is 0 Å². The second-order valence-electron chi connectivity index (χ2n) is 8.45. The van der Waals surface area contributed by atoms with Crippen molar-refractivity contribution in [3.63, 3.8) is 0 Å². The molecule has 2 rings (SSSR count). The Morgan fingerprint density at radius 3 is 2.15 bits per heavy atom. The third-order valence-electron chi connectivity index (χ3n) is 5.02. The quantitative estimate of drug-likeness (QED) is 0.869. The first-order chi connectivity index (χ1) is 9.10. The lowest BCUT2D eigenvalue weighted by Crippen LogP contribution is -2.43. The van der Waals surface area contributed by atoms with Gasteiger partial charge in [0.15, 0.2) is 0 Å². The van der Waals surface area contributed by atoms with E-state index < -0.39 is 0 Å². The minimum Gasteiger partial charge on any atom is -0.352 e. The minimum absolute atomic E-state index is 0.459. The van der Waals surface area contributed by atoms with Crippen LogP contribution in [0.5, 0.6) is 0 Å². The number of hydrogen-bond donors (Lipinski definition) is 1. The largest absolute Gasteiger partial charge is 0.352 e. The maximum Gasteiger partial charge on any atom is 0.0225 e. The lowest BCUT2D eigenvalue weighted by Gasteiger charge is -2.45. The zero-order valence-electron chi connectivity index (χ0n) is 14.4. The number of rotatable bonds is 3. The summed E-state index contributed by atoms with van der Waals surface area (Å²) in [5, 5.41) is 3.82. The van der Waals surface area contributed by atoms with E-state index in [0.29, 0.717) is 16.9 Å². The van der Waals surface area contributed by atoms with Crippen LogP contribution in [0.4, 0.5) is 0 Å². The molecule has 114 valence electrons. The van der Waals surface area contributed by atoms with Crippen LogP contribution in [0.1, 0.15) is 63.9 Å². The Hall–Kier alpha value is -0.760. The molecule has 0 radical (unpaired) electrons.